The van der Waals surface area contributed by atoms with Gasteiger partial charge in [0.1, 0.15) is 0 Å². The Balaban J connectivity index is 1.68. The van der Waals surface area contributed by atoms with Crippen molar-refractivity contribution in [3.63, 3.8) is 0 Å². The van der Waals surface area contributed by atoms with Gasteiger partial charge in [0.15, 0.2) is 0 Å². The molecule has 5 nitrogen and oxygen atoms in total. The molecular weight excluding hydrogens is 206 g/mol. The van der Waals surface area contributed by atoms with Crippen molar-refractivity contribution in [2.24, 2.45) is 5.73 Å². The number of ether oxygens (including phenoxy) is 1. The van der Waals surface area contributed by atoms with Gasteiger partial charge in [-0.2, -0.15) is 0 Å². The van der Waals surface area contributed by atoms with E-state index in [9.17, 15) is 4.79 Å². The van der Waals surface area contributed by atoms with Crippen molar-refractivity contribution in [2.45, 2.75) is 18.9 Å². The number of fused-ring (bicyclic) bond motifs is 1. The molecule has 2 saturated heterocycles. The quantitative estimate of drug-likeness (QED) is 0.629. The molecule has 2 aliphatic heterocycles. The summed E-state index contributed by atoms with van der Waals surface area (Å²) in [6, 6.07) is 0.454. The zero-order valence-corrected chi connectivity index (χ0v) is 9.73. The lowest BCUT2D eigenvalue weighted by Crippen LogP contribution is -2.52. The molecule has 0 radical (unpaired) electrons. The first-order chi connectivity index (χ1) is 7.81. The topological polar surface area (TPSA) is 58.8 Å². The van der Waals surface area contributed by atoms with Crippen LogP contribution < -0.4 is 5.73 Å². The van der Waals surface area contributed by atoms with E-state index >= 15 is 0 Å². The van der Waals surface area contributed by atoms with E-state index in [-0.39, 0.29) is 0 Å². The van der Waals surface area contributed by atoms with Crippen molar-refractivity contribution in [3.8, 4) is 0 Å². The van der Waals surface area contributed by atoms with Gasteiger partial charge in [-0.05, 0) is 6.42 Å². The van der Waals surface area contributed by atoms with Gasteiger partial charge < -0.3 is 15.4 Å². The lowest BCUT2D eigenvalue weighted by Gasteiger charge is -2.37. The molecule has 16 heavy (non-hydrogen) atoms. The van der Waals surface area contributed by atoms with E-state index < -0.39 is 0 Å². The lowest BCUT2D eigenvalue weighted by atomic mass is 10.1. The fourth-order valence-corrected chi connectivity index (χ4v) is 2.51. The van der Waals surface area contributed by atoms with Crippen LogP contribution in [0.3, 0.4) is 0 Å². The molecule has 2 N–H and O–H groups in total. The molecule has 92 valence electrons. The smallest absolute Gasteiger partial charge is 0.222 e. The van der Waals surface area contributed by atoms with Crippen LogP contribution >= 0.6 is 0 Å². The highest BCUT2D eigenvalue weighted by Crippen LogP contribution is 2.22. The van der Waals surface area contributed by atoms with E-state index in [1.54, 1.807) is 0 Å². The molecule has 0 spiro atoms. The Kier molecular flexibility index (Phi) is 4.15. The van der Waals surface area contributed by atoms with Crippen molar-refractivity contribution < 1.29 is 9.53 Å². The van der Waals surface area contributed by atoms with Crippen molar-refractivity contribution >= 4 is 5.91 Å². The standard InChI is InChI=1S/C11H21N3O2/c12-3-7-16-8-6-13-4-5-14-10(9-13)1-2-11(14)15/h10H,1-9,12H2. The van der Waals surface area contributed by atoms with Crippen molar-refractivity contribution in [2.75, 3.05) is 45.9 Å². The van der Waals surface area contributed by atoms with Crippen LogP contribution in [0.2, 0.25) is 0 Å². The predicted molar refractivity (Wildman–Crippen MR) is 61.0 cm³/mol. The SMILES string of the molecule is NCCOCCN1CCN2C(=O)CCC2C1. The summed E-state index contributed by atoms with van der Waals surface area (Å²) >= 11 is 0. The maximum atomic E-state index is 11.5. The van der Waals surface area contributed by atoms with Gasteiger partial charge in [-0.15, -0.1) is 0 Å². The van der Waals surface area contributed by atoms with E-state index in [0.717, 1.165) is 45.6 Å². The zero-order valence-electron chi connectivity index (χ0n) is 9.73. The van der Waals surface area contributed by atoms with Crippen LogP contribution in [0.15, 0.2) is 0 Å². The molecule has 0 aromatic heterocycles. The Labute approximate surface area is 96.5 Å². The van der Waals surface area contributed by atoms with Crippen LogP contribution in [0.5, 0.6) is 0 Å². The molecule has 2 fully saturated rings. The molecule has 0 aromatic rings. The van der Waals surface area contributed by atoms with E-state index in [4.69, 9.17) is 10.5 Å². The van der Waals surface area contributed by atoms with E-state index in [0.29, 0.717) is 25.1 Å². The number of amides is 1. The second kappa shape index (κ2) is 5.61. The summed E-state index contributed by atoms with van der Waals surface area (Å²) in [5, 5.41) is 0. The first-order valence-corrected chi connectivity index (χ1v) is 6.11. The molecule has 2 rings (SSSR count). The highest BCUT2D eigenvalue weighted by atomic mass is 16.5. The van der Waals surface area contributed by atoms with Crippen molar-refractivity contribution in [1.29, 1.82) is 0 Å². The Hall–Kier alpha value is -0.650. The Morgan fingerprint density at radius 3 is 3.06 bits per heavy atom. The molecule has 2 heterocycles. The van der Waals surface area contributed by atoms with Gasteiger partial charge in [0, 0.05) is 45.2 Å². The van der Waals surface area contributed by atoms with E-state index in [1.807, 2.05) is 4.90 Å². The van der Waals surface area contributed by atoms with E-state index in [2.05, 4.69) is 4.90 Å². The molecule has 0 aliphatic carbocycles. The molecule has 0 aromatic carbocycles. The molecule has 1 unspecified atom stereocenters. The largest absolute Gasteiger partial charge is 0.379 e. The van der Waals surface area contributed by atoms with Gasteiger partial charge in [-0.1, -0.05) is 0 Å². The minimum Gasteiger partial charge on any atom is -0.379 e. The summed E-state index contributed by atoms with van der Waals surface area (Å²) in [6.07, 6.45) is 1.77. The van der Waals surface area contributed by atoms with Crippen molar-refractivity contribution in [3.05, 3.63) is 0 Å². The number of hydrogen-bond acceptors (Lipinski definition) is 4. The number of hydrogen-bond donors (Lipinski definition) is 1. The number of piperazine rings is 1. The number of carbonyl (C=O) groups excluding carboxylic acids is 1. The summed E-state index contributed by atoms with van der Waals surface area (Å²) in [4.78, 5) is 15.9. The third-order valence-electron chi connectivity index (χ3n) is 3.39. The summed E-state index contributed by atoms with van der Waals surface area (Å²) in [5.41, 5.74) is 5.35. The van der Waals surface area contributed by atoms with Crippen LogP contribution in [-0.2, 0) is 9.53 Å². The average molecular weight is 227 g/mol. The molecule has 2 aliphatic rings. The molecule has 1 atom stereocenters. The van der Waals surface area contributed by atoms with Crippen LogP contribution in [0.25, 0.3) is 0 Å². The van der Waals surface area contributed by atoms with Crippen LogP contribution in [0.4, 0.5) is 0 Å². The Bertz CT molecular complexity index is 247. The van der Waals surface area contributed by atoms with Crippen LogP contribution in [-0.4, -0.2) is 67.7 Å². The zero-order chi connectivity index (χ0) is 11.4. The number of carbonyl (C=O) groups is 1. The normalized spacial score (nSPS) is 26.2. The second-order valence-electron chi connectivity index (χ2n) is 4.48. The monoisotopic (exact) mass is 227 g/mol. The van der Waals surface area contributed by atoms with Gasteiger partial charge in [0.2, 0.25) is 5.91 Å². The third kappa shape index (κ3) is 2.72. The summed E-state index contributed by atoms with van der Waals surface area (Å²) in [6.45, 7) is 5.81. The van der Waals surface area contributed by atoms with Gasteiger partial charge in [-0.3, -0.25) is 9.69 Å². The minimum absolute atomic E-state index is 0.337. The number of nitrogens with two attached hydrogens (primary N) is 1. The van der Waals surface area contributed by atoms with Gasteiger partial charge in [0.25, 0.3) is 0 Å². The first kappa shape index (κ1) is 11.8. The first-order valence-electron chi connectivity index (χ1n) is 6.11. The van der Waals surface area contributed by atoms with Crippen LogP contribution in [0.1, 0.15) is 12.8 Å². The Morgan fingerprint density at radius 2 is 2.25 bits per heavy atom. The lowest BCUT2D eigenvalue weighted by molar-refractivity contribution is -0.130. The fraction of sp³-hybridized carbons (Fsp3) is 0.909. The fourth-order valence-electron chi connectivity index (χ4n) is 2.51. The number of nitrogens with zero attached hydrogens (tertiary/aromatic N) is 2. The average Bonchev–Trinajstić information content (AvgIpc) is 2.66. The maximum Gasteiger partial charge on any atom is 0.222 e. The van der Waals surface area contributed by atoms with Gasteiger partial charge in [-0.25, -0.2) is 0 Å². The molecule has 5 heteroatoms. The van der Waals surface area contributed by atoms with Gasteiger partial charge in [0.05, 0.1) is 13.2 Å². The molecule has 1 amide bonds. The van der Waals surface area contributed by atoms with Crippen molar-refractivity contribution in [1.82, 2.24) is 9.80 Å². The van der Waals surface area contributed by atoms with Gasteiger partial charge >= 0.3 is 0 Å². The third-order valence-corrected chi connectivity index (χ3v) is 3.39. The summed E-state index contributed by atoms with van der Waals surface area (Å²) in [5.74, 6) is 0.337. The molecular formula is C11H21N3O2. The molecule has 0 saturated carbocycles. The van der Waals surface area contributed by atoms with E-state index in [1.165, 1.54) is 0 Å². The maximum absolute atomic E-state index is 11.5. The predicted octanol–water partition coefficient (Wildman–Crippen LogP) is -0.732. The second-order valence-corrected chi connectivity index (χ2v) is 4.48. The number of rotatable bonds is 5. The summed E-state index contributed by atoms with van der Waals surface area (Å²) in [7, 11) is 0. The molecule has 0 bridgehead atoms. The van der Waals surface area contributed by atoms with Crippen LogP contribution in [0, 0.1) is 0 Å². The highest BCUT2D eigenvalue weighted by molar-refractivity contribution is 5.78. The Morgan fingerprint density at radius 1 is 1.38 bits per heavy atom. The summed E-state index contributed by atoms with van der Waals surface area (Å²) < 4.78 is 5.37. The highest BCUT2D eigenvalue weighted by Gasteiger charge is 2.34. The minimum atomic E-state index is 0.337.